The summed E-state index contributed by atoms with van der Waals surface area (Å²) in [5.74, 6) is 0.0259. The summed E-state index contributed by atoms with van der Waals surface area (Å²) >= 11 is 0. The Morgan fingerprint density at radius 3 is 2.87 bits per heavy atom. The van der Waals surface area contributed by atoms with Gasteiger partial charge in [-0.1, -0.05) is 6.07 Å². The number of isocyanates is 1. The zero-order chi connectivity index (χ0) is 11.0. The molecule has 1 heterocycles. The molecule has 1 aromatic carbocycles. The molecular weight excluding hydrogens is 192 g/mol. The molecule has 1 aliphatic heterocycles. The predicted octanol–water partition coefficient (Wildman–Crippen LogP) is 1.48. The molecule has 0 atom stereocenters. The van der Waals surface area contributed by atoms with Gasteiger partial charge in [-0.3, -0.25) is 4.79 Å². The van der Waals surface area contributed by atoms with Crippen LogP contribution in [0.1, 0.15) is 11.1 Å². The highest BCUT2D eigenvalue weighted by Gasteiger charge is 2.26. The third-order valence-electron chi connectivity index (χ3n) is 2.53. The number of hydrogen-bond acceptors (Lipinski definition) is 3. The molecule has 76 valence electrons. The summed E-state index contributed by atoms with van der Waals surface area (Å²) in [5, 5.41) is 0. The van der Waals surface area contributed by atoms with Crippen molar-refractivity contribution >= 4 is 23.4 Å². The maximum atomic E-state index is 11.5. The molecule has 1 aromatic rings. The number of nitrogens with zero attached hydrogens (tertiary/aromatic N) is 2. The third kappa shape index (κ3) is 1.45. The average molecular weight is 202 g/mol. The van der Waals surface area contributed by atoms with Crippen LogP contribution in [0.3, 0.4) is 0 Å². The van der Waals surface area contributed by atoms with Gasteiger partial charge in [0.05, 0.1) is 12.1 Å². The number of likely N-dealkylation sites (N-methyl/N-ethyl adjacent to an activating group) is 1. The summed E-state index contributed by atoms with van der Waals surface area (Å²) in [6, 6.07) is 3.72. The first-order chi connectivity index (χ1) is 7.13. The predicted molar refractivity (Wildman–Crippen MR) is 56.1 cm³/mol. The van der Waals surface area contributed by atoms with Crippen LogP contribution in [0.15, 0.2) is 17.1 Å². The Labute approximate surface area is 87.2 Å². The molecule has 0 aromatic heterocycles. The Morgan fingerprint density at radius 2 is 2.20 bits per heavy atom. The van der Waals surface area contributed by atoms with Gasteiger partial charge in [-0.05, 0) is 24.1 Å². The van der Waals surface area contributed by atoms with Crippen LogP contribution in [0.5, 0.6) is 0 Å². The third-order valence-corrected chi connectivity index (χ3v) is 2.53. The first-order valence-electron chi connectivity index (χ1n) is 4.61. The summed E-state index contributed by atoms with van der Waals surface area (Å²) in [6.07, 6.45) is 1.90. The maximum Gasteiger partial charge on any atom is 0.240 e. The summed E-state index contributed by atoms with van der Waals surface area (Å²) in [7, 11) is 1.69. The highest BCUT2D eigenvalue weighted by molar-refractivity contribution is 6.04. The van der Waals surface area contributed by atoms with E-state index in [0.717, 1.165) is 16.8 Å². The van der Waals surface area contributed by atoms with E-state index in [9.17, 15) is 9.59 Å². The van der Waals surface area contributed by atoms with Gasteiger partial charge in [0.2, 0.25) is 12.0 Å². The van der Waals surface area contributed by atoms with Gasteiger partial charge < -0.3 is 4.90 Å². The first-order valence-corrected chi connectivity index (χ1v) is 4.61. The second-order valence-corrected chi connectivity index (χ2v) is 3.62. The van der Waals surface area contributed by atoms with Crippen molar-refractivity contribution in [3.63, 3.8) is 0 Å². The van der Waals surface area contributed by atoms with Gasteiger partial charge in [-0.25, -0.2) is 4.79 Å². The van der Waals surface area contributed by atoms with Crippen LogP contribution >= 0.6 is 0 Å². The van der Waals surface area contributed by atoms with Crippen molar-refractivity contribution in [1.82, 2.24) is 0 Å². The SMILES string of the molecule is Cc1cc2c(c(N=C=O)c1)N(C)C(=O)C2. The van der Waals surface area contributed by atoms with Crippen LogP contribution in [0.25, 0.3) is 0 Å². The molecule has 4 heteroatoms. The number of carbonyl (C=O) groups excluding carboxylic acids is 2. The van der Waals surface area contributed by atoms with E-state index in [-0.39, 0.29) is 5.91 Å². The minimum Gasteiger partial charge on any atom is -0.313 e. The molecule has 0 saturated carbocycles. The van der Waals surface area contributed by atoms with Crippen LogP contribution in [0.2, 0.25) is 0 Å². The van der Waals surface area contributed by atoms with Crippen molar-refractivity contribution in [2.75, 3.05) is 11.9 Å². The molecule has 0 aliphatic carbocycles. The number of benzene rings is 1. The Balaban J connectivity index is 2.68. The van der Waals surface area contributed by atoms with E-state index in [4.69, 9.17) is 0 Å². The average Bonchev–Trinajstić information content (AvgIpc) is 2.42. The topological polar surface area (TPSA) is 49.7 Å². The molecule has 0 radical (unpaired) electrons. The smallest absolute Gasteiger partial charge is 0.240 e. The molecule has 0 unspecified atom stereocenters. The molecular formula is C11H10N2O2. The van der Waals surface area contributed by atoms with Crippen molar-refractivity contribution in [3.8, 4) is 0 Å². The molecule has 0 N–H and O–H groups in total. The largest absolute Gasteiger partial charge is 0.313 e. The van der Waals surface area contributed by atoms with E-state index in [1.54, 1.807) is 13.1 Å². The van der Waals surface area contributed by atoms with Gasteiger partial charge in [-0.15, -0.1) is 0 Å². The van der Waals surface area contributed by atoms with Crippen molar-refractivity contribution in [3.05, 3.63) is 23.3 Å². The van der Waals surface area contributed by atoms with Gasteiger partial charge in [-0.2, -0.15) is 4.99 Å². The molecule has 0 saturated heterocycles. The number of amides is 1. The Bertz CT molecular complexity index is 488. The van der Waals surface area contributed by atoms with Crippen molar-refractivity contribution < 1.29 is 9.59 Å². The van der Waals surface area contributed by atoms with Crippen molar-refractivity contribution in [2.45, 2.75) is 13.3 Å². The highest BCUT2D eigenvalue weighted by Crippen LogP contribution is 2.37. The van der Waals surface area contributed by atoms with Gasteiger partial charge in [0.1, 0.15) is 5.69 Å². The monoisotopic (exact) mass is 202 g/mol. The summed E-state index contributed by atoms with van der Waals surface area (Å²) < 4.78 is 0. The van der Waals surface area contributed by atoms with Gasteiger partial charge in [0.25, 0.3) is 0 Å². The highest BCUT2D eigenvalue weighted by atomic mass is 16.2. The Hall–Kier alpha value is -1.93. The Kier molecular flexibility index (Phi) is 2.14. The maximum absolute atomic E-state index is 11.5. The fourth-order valence-electron chi connectivity index (χ4n) is 1.90. The summed E-state index contributed by atoms with van der Waals surface area (Å²) in [6.45, 7) is 1.91. The summed E-state index contributed by atoms with van der Waals surface area (Å²) in [4.78, 5) is 26.9. The lowest BCUT2D eigenvalue weighted by molar-refractivity contribution is -0.117. The number of rotatable bonds is 1. The lowest BCUT2D eigenvalue weighted by Crippen LogP contribution is -2.20. The van der Waals surface area contributed by atoms with Crippen LogP contribution in [-0.2, 0) is 16.0 Å². The molecule has 1 amide bonds. The first kappa shape index (κ1) is 9.62. The lowest BCUT2D eigenvalue weighted by Gasteiger charge is -2.12. The zero-order valence-corrected chi connectivity index (χ0v) is 8.57. The number of aryl methyl sites for hydroxylation is 1. The normalized spacial score (nSPS) is 13.7. The van der Waals surface area contributed by atoms with Crippen LogP contribution in [0.4, 0.5) is 11.4 Å². The number of anilines is 1. The van der Waals surface area contributed by atoms with Gasteiger partial charge in [0.15, 0.2) is 0 Å². The zero-order valence-electron chi connectivity index (χ0n) is 8.57. The second kappa shape index (κ2) is 3.33. The summed E-state index contributed by atoms with van der Waals surface area (Å²) in [5.41, 5.74) is 3.17. The van der Waals surface area contributed by atoms with Gasteiger partial charge in [0, 0.05) is 7.05 Å². The van der Waals surface area contributed by atoms with E-state index in [1.165, 1.54) is 11.0 Å². The molecule has 2 rings (SSSR count). The van der Waals surface area contributed by atoms with E-state index in [0.29, 0.717) is 12.1 Å². The fraction of sp³-hybridized carbons (Fsp3) is 0.273. The minimum absolute atomic E-state index is 0.0259. The quantitative estimate of drug-likeness (QED) is 0.511. The van der Waals surface area contributed by atoms with Crippen LogP contribution in [-0.4, -0.2) is 19.0 Å². The number of carbonyl (C=O) groups is 1. The number of aliphatic imine (C=N–C) groups is 1. The van der Waals surface area contributed by atoms with E-state index in [2.05, 4.69) is 4.99 Å². The van der Waals surface area contributed by atoms with E-state index in [1.807, 2.05) is 13.0 Å². The lowest BCUT2D eigenvalue weighted by atomic mass is 10.1. The molecule has 0 bridgehead atoms. The molecule has 1 aliphatic rings. The standard InChI is InChI=1S/C11H10N2O2/c1-7-3-8-5-10(15)13(2)11(8)9(4-7)12-6-14/h3-4H,5H2,1-2H3. The molecule has 0 spiro atoms. The fourth-order valence-corrected chi connectivity index (χ4v) is 1.90. The van der Waals surface area contributed by atoms with E-state index < -0.39 is 0 Å². The minimum atomic E-state index is 0.0259. The molecule has 4 nitrogen and oxygen atoms in total. The molecule has 15 heavy (non-hydrogen) atoms. The number of hydrogen-bond donors (Lipinski definition) is 0. The number of fused-ring (bicyclic) bond motifs is 1. The van der Waals surface area contributed by atoms with E-state index >= 15 is 0 Å². The Morgan fingerprint density at radius 1 is 1.47 bits per heavy atom. The second-order valence-electron chi connectivity index (χ2n) is 3.62. The van der Waals surface area contributed by atoms with Crippen molar-refractivity contribution in [1.29, 1.82) is 0 Å². The van der Waals surface area contributed by atoms with Crippen LogP contribution in [0, 0.1) is 6.92 Å². The van der Waals surface area contributed by atoms with Crippen LogP contribution < -0.4 is 4.90 Å². The van der Waals surface area contributed by atoms with Crippen molar-refractivity contribution in [2.24, 2.45) is 4.99 Å². The molecule has 0 fully saturated rings. The van der Waals surface area contributed by atoms with Gasteiger partial charge >= 0.3 is 0 Å².